The second-order valence-corrected chi connectivity index (χ2v) is 4.62. The monoisotopic (exact) mass is 233 g/mol. The Morgan fingerprint density at radius 1 is 1.47 bits per heavy atom. The molecule has 92 valence electrons. The zero-order valence-electron chi connectivity index (χ0n) is 10.6. The molecule has 0 aliphatic heterocycles. The maximum atomic E-state index is 5.49. The Morgan fingerprint density at radius 3 is 2.94 bits per heavy atom. The first-order valence-corrected chi connectivity index (χ1v) is 5.93. The molecule has 0 saturated heterocycles. The molecular weight excluding hydrogens is 214 g/mol. The summed E-state index contributed by atoms with van der Waals surface area (Å²) >= 11 is 0. The Bertz CT molecular complexity index is 470. The minimum atomic E-state index is 0.458. The maximum absolute atomic E-state index is 5.49. The number of aromatic nitrogens is 2. The predicted molar refractivity (Wildman–Crippen MR) is 66.7 cm³/mol. The summed E-state index contributed by atoms with van der Waals surface area (Å²) in [5, 5.41) is 7.64. The third-order valence-electron chi connectivity index (χ3n) is 2.60. The fourth-order valence-electron chi connectivity index (χ4n) is 1.69. The van der Waals surface area contributed by atoms with Crippen molar-refractivity contribution in [1.29, 1.82) is 0 Å². The predicted octanol–water partition coefficient (Wildman–Crippen LogP) is 2.33. The van der Waals surface area contributed by atoms with Gasteiger partial charge in [-0.2, -0.15) is 5.10 Å². The quantitative estimate of drug-likeness (QED) is 0.862. The Kier molecular flexibility index (Phi) is 3.64. The molecule has 2 heterocycles. The molecule has 0 bridgehead atoms. The van der Waals surface area contributed by atoms with Crippen molar-refractivity contribution >= 4 is 0 Å². The van der Waals surface area contributed by atoms with E-state index in [1.54, 1.807) is 6.26 Å². The molecule has 1 N–H and O–H groups in total. The van der Waals surface area contributed by atoms with Crippen molar-refractivity contribution in [1.82, 2.24) is 15.1 Å². The van der Waals surface area contributed by atoms with E-state index in [0.717, 1.165) is 18.8 Å². The molecule has 0 radical (unpaired) electrons. The summed E-state index contributed by atoms with van der Waals surface area (Å²) in [5.74, 6) is 0.992. The summed E-state index contributed by atoms with van der Waals surface area (Å²) in [6.07, 6.45) is 5.64. The van der Waals surface area contributed by atoms with Crippen LogP contribution in [0.2, 0.25) is 0 Å². The first kappa shape index (κ1) is 11.9. The zero-order chi connectivity index (χ0) is 12.3. The maximum Gasteiger partial charge on any atom is 0.122 e. The van der Waals surface area contributed by atoms with E-state index in [2.05, 4.69) is 24.3 Å². The van der Waals surface area contributed by atoms with Crippen LogP contribution < -0.4 is 5.32 Å². The van der Waals surface area contributed by atoms with Crippen LogP contribution >= 0.6 is 0 Å². The van der Waals surface area contributed by atoms with E-state index in [1.165, 1.54) is 11.1 Å². The molecule has 0 aliphatic carbocycles. The summed E-state index contributed by atoms with van der Waals surface area (Å²) in [6.45, 7) is 7.82. The molecule has 4 nitrogen and oxygen atoms in total. The van der Waals surface area contributed by atoms with E-state index in [-0.39, 0.29) is 0 Å². The summed E-state index contributed by atoms with van der Waals surface area (Å²) in [6, 6.07) is 2.47. The molecule has 0 aliphatic rings. The largest absolute Gasteiger partial charge is 0.468 e. The molecule has 0 spiro atoms. The number of hydrogen-bond acceptors (Lipinski definition) is 3. The third kappa shape index (κ3) is 3.20. The Labute approximate surface area is 102 Å². The molecule has 0 saturated carbocycles. The smallest absolute Gasteiger partial charge is 0.122 e. The van der Waals surface area contributed by atoms with Crippen molar-refractivity contribution in [2.75, 3.05) is 0 Å². The van der Waals surface area contributed by atoms with E-state index >= 15 is 0 Å². The van der Waals surface area contributed by atoms with Crippen molar-refractivity contribution in [2.24, 2.45) is 0 Å². The summed E-state index contributed by atoms with van der Waals surface area (Å²) in [4.78, 5) is 0. The standard InChI is InChI=1S/C13H19N3O/c1-10(2)14-7-13-12(4-5-17-13)9-16-8-11(3)6-15-16/h4-6,8,10,14H,7,9H2,1-3H3. The van der Waals surface area contributed by atoms with Crippen LogP contribution in [0, 0.1) is 6.92 Å². The highest BCUT2D eigenvalue weighted by Gasteiger charge is 2.07. The SMILES string of the molecule is Cc1cnn(Cc2ccoc2CNC(C)C)c1. The van der Waals surface area contributed by atoms with Gasteiger partial charge in [0.15, 0.2) is 0 Å². The van der Waals surface area contributed by atoms with Gasteiger partial charge in [0.1, 0.15) is 5.76 Å². The number of nitrogens with zero attached hydrogens (tertiary/aromatic N) is 2. The topological polar surface area (TPSA) is 43.0 Å². The van der Waals surface area contributed by atoms with Crippen molar-refractivity contribution in [3.63, 3.8) is 0 Å². The van der Waals surface area contributed by atoms with Crippen molar-refractivity contribution in [3.05, 3.63) is 41.6 Å². The summed E-state index contributed by atoms with van der Waals surface area (Å²) < 4.78 is 7.42. The van der Waals surface area contributed by atoms with Gasteiger partial charge in [0.25, 0.3) is 0 Å². The molecular formula is C13H19N3O. The molecule has 0 amide bonds. The number of aryl methyl sites for hydroxylation is 1. The second-order valence-electron chi connectivity index (χ2n) is 4.62. The van der Waals surface area contributed by atoms with Crippen LogP contribution in [0.3, 0.4) is 0 Å². The first-order chi connectivity index (χ1) is 8.15. The van der Waals surface area contributed by atoms with Gasteiger partial charge in [0.05, 0.1) is 25.5 Å². The van der Waals surface area contributed by atoms with Gasteiger partial charge in [-0.25, -0.2) is 0 Å². The van der Waals surface area contributed by atoms with Gasteiger partial charge in [-0.05, 0) is 18.6 Å². The van der Waals surface area contributed by atoms with Crippen molar-refractivity contribution in [2.45, 2.75) is 39.9 Å². The van der Waals surface area contributed by atoms with Gasteiger partial charge < -0.3 is 9.73 Å². The Hall–Kier alpha value is -1.55. The van der Waals surface area contributed by atoms with Crippen molar-refractivity contribution < 1.29 is 4.42 Å². The van der Waals surface area contributed by atoms with Gasteiger partial charge in [-0.1, -0.05) is 13.8 Å². The lowest BCUT2D eigenvalue weighted by molar-refractivity contribution is 0.458. The lowest BCUT2D eigenvalue weighted by Crippen LogP contribution is -2.22. The number of nitrogens with one attached hydrogen (secondary N) is 1. The Morgan fingerprint density at radius 2 is 2.29 bits per heavy atom. The second kappa shape index (κ2) is 5.19. The molecule has 2 aromatic rings. The molecule has 2 aromatic heterocycles. The molecule has 2 rings (SSSR count). The van der Waals surface area contributed by atoms with E-state index in [9.17, 15) is 0 Å². The summed E-state index contributed by atoms with van der Waals surface area (Å²) in [7, 11) is 0. The molecule has 0 aromatic carbocycles. The van der Waals surface area contributed by atoms with Gasteiger partial charge in [0, 0.05) is 17.8 Å². The van der Waals surface area contributed by atoms with E-state index in [1.807, 2.05) is 30.1 Å². The average molecular weight is 233 g/mol. The van der Waals surface area contributed by atoms with Gasteiger partial charge in [0.2, 0.25) is 0 Å². The van der Waals surface area contributed by atoms with Crippen LogP contribution in [0.15, 0.2) is 29.1 Å². The molecule has 0 atom stereocenters. The van der Waals surface area contributed by atoms with E-state index in [0.29, 0.717) is 6.04 Å². The minimum Gasteiger partial charge on any atom is -0.468 e. The zero-order valence-corrected chi connectivity index (χ0v) is 10.6. The van der Waals surface area contributed by atoms with Crippen LogP contribution in [-0.2, 0) is 13.1 Å². The summed E-state index contributed by atoms with van der Waals surface area (Å²) in [5.41, 5.74) is 2.36. The Balaban J connectivity index is 2.03. The third-order valence-corrected chi connectivity index (χ3v) is 2.60. The number of furan rings is 1. The van der Waals surface area contributed by atoms with Gasteiger partial charge >= 0.3 is 0 Å². The number of hydrogen-bond donors (Lipinski definition) is 1. The highest BCUT2D eigenvalue weighted by Crippen LogP contribution is 2.12. The van der Waals surface area contributed by atoms with Gasteiger partial charge in [-0.3, -0.25) is 4.68 Å². The minimum absolute atomic E-state index is 0.458. The molecule has 0 fully saturated rings. The molecule has 17 heavy (non-hydrogen) atoms. The van der Waals surface area contributed by atoms with E-state index in [4.69, 9.17) is 4.42 Å². The first-order valence-electron chi connectivity index (χ1n) is 5.93. The molecule has 4 heteroatoms. The lowest BCUT2D eigenvalue weighted by atomic mass is 10.2. The van der Waals surface area contributed by atoms with Gasteiger partial charge in [-0.15, -0.1) is 0 Å². The average Bonchev–Trinajstić information content (AvgIpc) is 2.86. The van der Waals surface area contributed by atoms with Crippen molar-refractivity contribution in [3.8, 4) is 0 Å². The number of rotatable bonds is 5. The fraction of sp³-hybridized carbons (Fsp3) is 0.462. The highest BCUT2D eigenvalue weighted by atomic mass is 16.3. The van der Waals surface area contributed by atoms with Crippen LogP contribution in [0.4, 0.5) is 0 Å². The lowest BCUT2D eigenvalue weighted by Gasteiger charge is -2.07. The van der Waals surface area contributed by atoms with Crippen LogP contribution in [0.5, 0.6) is 0 Å². The van der Waals surface area contributed by atoms with Crippen LogP contribution in [0.25, 0.3) is 0 Å². The van der Waals surface area contributed by atoms with Crippen LogP contribution in [0.1, 0.15) is 30.7 Å². The van der Waals surface area contributed by atoms with E-state index < -0.39 is 0 Å². The fourth-order valence-corrected chi connectivity index (χ4v) is 1.69. The van der Waals surface area contributed by atoms with Crippen LogP contribution in [-0.4, -0.2) is 15.8 Å². The normalized spacial score (nSPS) is 11.3. The molecule has 0 unspecified atom stereocenters. The highest BCUT2D eigenvalue weighted by molar-refractivity contribution is 5.17.